The lowest BCUT2D eigenvalue weighted by Crippen LogP contribution is -2.45. The number of carbonyl (C=O) groups excluding carboxylic acids is 1. The molecule has 4 heteroatoms. The van der Waals surface area contributed by atoms with Crippen molar-refractivity contribution in [1.82, 2.24) is 10.2 Å². The van der Waals surface area contributed by atoms with Crippen LogP contribution < -0.4 is 5.32 Å². The van der Waals surface area contributed by atoms with Crippen molar-refractivity contribution in [2.24, 2.45) is 11.8 Å². The second-order valence-electron chi connectivity index (χ2n) is 4.56. The second kappa shape index (κ2) is 3.51. The Hall–Kier alpha value is -0.610. The standard InChI is InChI=1S/C10H18N2O2/c1-6-3-7(6)10(14)12(2)8-4-11-5-9(8)13/h6-9,11,13H,3-5H2,1-2H3/t6?,7?,8-,9-/m0/s1. The summed E-state index contributed by atoms with van der Waals surface area (Å²) in [5, 5.41) is 12.7. The van der Waals surface area contributed by atoms with Gasteiger partial charge in [0.05, 0.1) is 12.1 Å². The van der Waals surface area contributed by atoms with E-state index in [1.165, 1.54) is 0 Å². The fraction of sp³-hybridized carbons (Fsp3) is 0.900. The lowest BCUT2D eigenvalue weighted by atomic mass is 10.1. The third-order valence-electron chi connectivity index (χ3n) is 3.42. The van der Waals surface area contributed by atoms with Gasteiger partial charge in [0.25, 0.3) is 0 Å². The highest BCUT2D eigenvalue weighted by Gasteiger charge is 2.43. The number of β-amino-alcohol motifs (C(OH)–C–C–N with tert-alkyl or cyclic N) is 1. The molecule has 1 aliphatic heterocycles. The molecule has 2 rings (SSSR count). The summed E-state index contributed by atoms with van der Waals surface area (Å²) < 4.78 is 0. The van der Waals surface area contributed by atoms with Crippen molar-refractivity contribution in [2.75, 3.05) is 20.1 Å². The number of likely N-dealkylation sites (N-methyl/N-ethyl adjacent to an activating group) is 1. The van der Waals surface area contributed by atoms with Gasteiger partial charge in [-0.2, -0.15) is 0 Å². The van der Waals surface area contributed by atoms with Crippen LogP contribution in [0.5, 0.6) is 0 Å². The summed E-state index contributed by atoms with van der Waals surface area (Å²) in [6.07, 6.45) is 0.609. The summed E-state index contributed by atoms with van der Waals surface area (Å²) in [7, 11) is 1.80. The smallest absolute Gasteiger partial charge is 0.226 e. The minimum Gasteiger partial charge on any atom is -0.390 e. The number of nitrogens with zero attached hydrogens (tertiary/aromatic N) is 1. The van der Waals surface area contributed by atoms with Gasteiger partial charge in [-0.3, -0.25) is 4.79 Å². The van der Waals surface area contributed by atoms with Crippen molar-refractivity contribution < 1.29 is 9.90 Å². The first kappa shape index (κ1) is 9.93. The molecule has 1 saturated carbocycles. The Morgan fingerprint density at radius 3 is 2.57 bits per heavy atom. The average molecular weight is 198 g/mol. The van der Waals surface area contributed by atoms with Gasteiger partial charge in [0.1, 0.15) is 0 Å². The molecular formula is C10H18N2O2. The minimum absolute atomic E-state index is 0.0321. The Morgan fingerprint density at radius 2 is 2.14 bits per heavy atom. The predicted molar refractivity (Wildman–Crippen MR) is 52.7 cm³/mol. The number of hydrogen-bond acceptors (Lipinski definition) is 3. The minimum atomic E-state index is -0.405. The Morgan fingerprint density at radius 1 is 1.50 bits per heavy atom. The van der Waals surface area contributed by atoms with Crippen molar-refractivity contribution in [3.63, 3.8) is 0 Å². The zero-order chi connectivity index (χ0) is 10.3. The predicted octanol–water partition coefficient (Wildman–Crippen LogP) is -0.566. The molecule has 1 amide bonds. The lowest BCUT2D eigenvalue weighted by molar-refractivity contribution is -0.134. The van der Waals surface area contributed by atoms with Gasteiger partial charge >= 0.3 is 0 Å². The highest BCUT2D eigenvalue weighted by molar-refractivity contribution is 5.81. The molecular weight excluding hydrogens is 180 g/mol. The van der Waals surface area contributed by atoms with Crippen LogP contribution in [0, 0.1) is 11.8 Å². The summed E-state index contributed by atoms with van der Waals surface area (Å²) in [4.78, 5) is 13.6. The zero-order valence-electron chi connectivity index (χ0n) is 8.73. The highest BCUT2D eigenvalue weighted by atomic mass is 16.3. The van der Waals surface area contributed by atoms with E-state index in [1.54, 1.807) is 11.9 Å². The van der Waals surface area contributed by atoms with Crippen LogP contribution in [-0.4, -0.2) is 48.2 Å². The van der Waals surface area contributed by atoms with E-state index in [1.807, 2.05) is 0 Å². The molecule has 80 valence electrons. The maximum Gasteiger partial charge on any atom is 0.226 e. The topological polar surface area (TPSA) is 52.6 Å². The second-order valence-corrected chi connectivity index (χ2v) is 4.56. The fourth-order valence-electron chi connectivity index (χ4n) is 2.14. The molecule has 14 heavy (non-hydrogen) atoms. The van der Waals surface area contributed by atoms with Gasteiger partial charge in [-0.25, -0.2) is 0 Å². The molecule has 2 N–H and O–H groups in total. The number of hydrogen-bond donors (Lipinski definition) is 2. The van der Waals surface area contributed by atoms with Gasteiger partial charge < -0.3 is 15.3 Å². The van der Waals surface area contributed by atoms with E-state index in [-0.39, 0.29) is 17.9 Å². The van der Waals surface area contributed by atoms with E-state index in [2.05, 4.69) is 12.2 Å². The molecule has 4 atom stereocenters. The maximum atomic E-state index is 11.8. The number of carbonyl (C=O) groups is 1. The van der Waals surface area contributed by atoms with Crippen LogP contribution in [0.3, 0.4) is 0 Å². The van der Waals surface area contributed by atoms with Crippen LogP contribution in [0.1, 0.15) is 13.3 Å². The average Bonchev–Trinajstić information content (AvgIpc) is 2.72. The number of nitrogens with one attached hydrogen (secondary N) is 1. The molecule has 2 fully saturated rings. The van der Waals surface area contributed by atoms with Crippen molar-refractivity contribution in [1.29, 1.82) is 0 Å². The van der Waals surface area contributed by atoms with Gasteiger partial charge in [0.2, 0.25) is 5.91 Å². The van der Waals surface area contributed by atoms with Crippen molar-refractivity contribution in [3.8, 4) is 0 Å². The number of rotatable bonds is 2. The van der Waals surface area contributed by atoms with Crippen molar-refractivity contribution in [2.45, 2.75) is 25.5 Å². The molecule has 0 spiro atoms. The SMILES string of the molecule is CC1CC1C(=O)N(C)[C@H]1CNC[C@@H]1O. The van der Waals surface area contributed by atoms with Gasteiger partial charge in [-0.1, -0.05) is 6.92 Å². The third kappa shape index (κ3) is 1.64. The first-order valence-electron chi connectivity index (χ1n) is 5.26. The largest absolute Gasteiger partial charge is 0.390 e. The first-order chi connectivity index (χ1) is 6.61. The van der Waals surface area contributed by atoms with Crippen LogP contribution in [0.2, 0.25) is 0 Å². The quantitative estimate of drug-likeness (QED) is 0.625. The van der Waals surface area contributed by atoms with Crippen LogP contribution in [0.25, 0.3) is 0 Å². The normalized spacial score (nSPS) is 41.1. The zero-order valence-corrected chi connectivity index (χ0v) is 8.73. The van der Waals surface area contributed by atoms with Crippen LogP contribution in [0.4, 0.5) is 0 Å². The van der Waals surface area contributed by atoms with Gasteiger partial charge in [0.15, 0.2) is 0 Å². The van der Waals surface area contributed by atoms with Crippen LogP contribution in [-0.2, 0) is 4.79 Å². The molecule has 0 radical (unpaired) electrons. The van der Waals surface area contributed by atoms with Gasteiger partial charge in [-0.05, 0) is 12.3 Å². The lowest BCUT2D eigenvalue weighted by Gasteiger charge is -2.26. The number of aliphatic hydroxyl groups excluding tert-OH is 1. The van der Waals surface area contributed by atoms with Crippen molar-refractivity contribution in [3.05, 3.63) is 0 Å². The van der Waals surface area contributed by atoms with Gasteiger partial charge in [-0.15, -0.1) is 0 Å². The van der Waals surface area contributed by atoms with E-state index in [9.17, 15) is 9.90 Å². The number of amides is 1. The first-order valence-corrected chi connectivity index (χ1v) is 5.26. The Bertz CT molecular complexity index is 244. The van der Waals surface area contributed by atoms with Crippen molar-refractivity contribution >= 4 is 5.91 Å². The highest BCUT2D eigenvalue weighted by Crippen LogP contribution is 2.39. The van der Waals surface area contributed by atoms with Crippen LogP contribution >= 0.6 is 0 Å². The molecule has 0 aromatic heterocycles. The number of aliphatic hydroxyl groups is 1. The summed E-state index contributed by atoms with van der Waals surface area (Å²) in [5.74, 6) is 0.953. The van der Waals surface area contributed by atoms with E-state index < -0.39 is 6.10 Å². The third-order valence-corrected chi connectivity index (χ3v) is 3.42. The molecule has 0 aromatic carbocycles. The van der Waals surface area contributed by atoms with E-state index in [0.717, 1.165) is 6.42 Å². The summed E-state index contributed by atoms with van der Waals surface area (Å²) >= 11 is 0. The summed E-state index contributed by atoms with van der Waals surface area (Å²) in [5.41, 5.74) is 0. The maximum absolute atomic E-state index is 11.8. The molecule has 1 saturated heterocycles. The molecule has 1 aliphatic carbocycles. The molecule has 4 nitrogen and oxygen atoms in total. The summed E-state index contributed by atoms with van der Waals surface area (Å²) in [6.45, 7) is 3.41. The molecule has 0 bridgehead atoms. The molecule has 2 unspecified atom stereocenters. The van der Waals surface area contributed by atoms with Gasteiger partial charge in [0, 0.05) is 26.1 Å². The molecule has 2 aliphatic rings. The Kier molecular flexibility index (Phi) is 2.49. The van der Waals surface area contributed by atoms with E-state index in [4.69, 9.17) is 0 Å². The van der Waals surface area contributed by atoms with Crippen LogP contribution in [0.15, 0.2) is 0 Å². The molecule has 1 heterocycles. The monoisotopic (exact) mass is 198 g/mol. The fourth-order valence-corrected chi connectivity index (χ4v) is 2.14. The summed E-state index contributed by atoms with van der Waals surface area (Å²) in [6, 6.07) is -0.0321. The van der Waals surface area contributed by atoms with E-state index in [0.29, 0.717) is 19.0 Å². The van der Waals surface area contributed by atoms with E-state index >= 15 is 0 Å². The molecule has 0 aromatic rings. The Balaban J connectivity index is 1.93. The Labute approximate surface area is 84.3 Å².